The van der Waals surface area contributed by atoms with Crippen LogP contribution in [0.1, 0.15) is 5.56 Å². The number of hydrogen-bond acceptors (Lipinski definition) is 3. The van der Waals surface area contributed by atoms with E-state index in [0.717, 1.165) is 17.9 Å². The number of carbonyl (C=O) groups is 1. The van der Waals surface area contributed by atoms with Gasteiger partial charge in [0.2, 0.25) is 0 Å². The zero-order valence-corrected chi connectivity index (χ0v) is 9.47. The third kappa shape index (κ3) is 2.52. The average molecular weight is 221 g/mol. The molecule has 1 heterocycles. The minimum atomic E-state index is -0.348. The first-order chi connectivity index (χ1) is 7.70. The van der Waals surface area contributed by atoms with Crippen LogP contribution >= 0.6 is 0 Å². The molecule has 4 nitrogen and oxygen atoms in total. The molecule has 0 N–H and O–H groups in total. The third-order valence-electron chi connectivity index (χ3n) is 2.53. The molecule has 0 radical (unpaired) electrons. The number of methoxy groups -OCH3 is 1. The van der Waals surface area contributed by atoms with E-state index in [-0.39, 0.29) is 12.2 Å². The Hall–Kier alpha value is -1.55. The summed E-state index contributed by atoms with van der Waals surface area (Å²) >= 11 is 0. The first-order valence-electron chi connectivity index (χ1n) is 5.24. The zero-order chi connectivity index (χ0) is 11.5. The number of nitrogens with zero attached hydrogens (tertiary/aromatic N) is 1. The van der Waals surface area contributed by atoms with Crippen molar-refractivity contribution in [2.24, 2.45) is 0 Å². The molecule has 1 amide bonds. The zero-order valence-electron chi connectivity index (χ0n) is 9.47. The van der Waals surface area contributed by atoms with Crippen LogP contribution in [0.3, 0.4) is 0 Å². The van der Waals surface area contributed by atoms with Crippen molar-refractivity contribution < 1.29 is 14.3 Å². The van der Waals surface area contributed by atoms with Crippen molar-refractivity contribution in [2.75, 3.05) is 25.2 Å². The largest absolute Gasteiger partial charge is 0.452 e. The van der Waals surface area contributed by atoms with Crippen molar-refractivity contribution in [3.05, 3.63) is 29.8 Å². The van der Waals surface area contributed by atoms with Crippen LogP contribution in [0.25, 0.3) is 0 Å². The summed E-state index contributed by atoms with van der Waals surface area (Å²) in [4.78, 5) is 13.2. The van der Waals surface area contributed by atoms with Crippen LogP contribution in [0.2, 0.25) is 0 Å². The number of aryl methyl sites for hydroxylation is 1. The van der Waals surface area contributed by atoms with Gasteiger partial charge in [-0.15, -0.1) is 0 Å². The van der Waals surface area contributed by atoms with Crippen LogP contribution < -0.4 is 4.90 Å². The summed E-state index contributed by atoms with van der Waals surface area (Å²) in [5, 5.41) is 0. The highest BCUT2D eigenvalue weighted by molar-refractivity contribution is 5.87. The predicted molar refractivity (Wildman–Crippen MR) is 60.7 cm³/mol. The highest BCUT2D eigenvalue weighted by atomic mass is 16.6. The topological polar surface area (TPSA) is 42.1 Å². The normalized spacial score (nSPS) is 18.0. The minimum Gasteiger partial charge on any atom is -0.452 e. The number of hydrogen-bond donors (Lipinski definition) is 0. The van der Waals surface area contributed by atoms with Crippen molar-refractivity contribution in [3.8, 4) is 0 Å². The Morgan fingerprint density at radius 1 is 1.50 bits per heavy atom. The van der Waals surface area contributed by atoms with Crippen molar-refractivity contribution in [1.82, 2.24) is 0 Å². The maximum absolute atomic E-state index is 11.6. The monoisotopic (exact) mass is 221 g/mol. The summed E-state index contributed by atoms with van der Waals surface area (Å²) in [5.74, 6) is 0. The SMILES string of the molecule is COC(=O)N(CC1CO1)c1ccc(C)cc1. The fourth-order valence-electron chi connectivity index (χ4n) is 1.50. The molecule has 1 fully saturated rings. The van der Waals surface area contributed by atoms with Gasteiger partial charge in [0.15, 0.2) is 0 Å². The first kappa shape index (κ1) is 11.0. The fraction of sp³-hybridized carbons (Fsp3) is 0.417. The number of epoxide rings is 1. The van der Waals surface area contributed by atoms with E-state index >= 15 is 0 Å². The summed E-state index contributed by atoms with van der Waals surface area (Å²) in [6.07, 6.45) is -0.195. The molecule has 0 aliphatic carbocycles. The van der Waals surface area contributed by atoms with Gasteiger partial charge in [0.05, 0.1) is 26.4 Å². The van der Waals surface area contributed by atoms with Crippen LogP contribution in [0, 0.1) is 6.92 Å². The predicted octanol–water partition coefficient (Wildman–Crippen LogP) is 1.97. The summed E-state index contributed by atoms with van der Waals surface area (Å²) in [5.41, 5.74) is 2.00. The molecule has 1 aromatic rings. The molecule has 0 aromatic heterocycles. The van der Waals surface area contributed by atoms with Crippen molar-refractivity contribution in [2.45, 2.75) is 13.0 Å². The van der Waals surface area contributed by atoms with E-state index in [0.29, 0.717) is 6.54 Å². The van der Waals surface area contributed by atoms with Gasteiger partial charge in [0, 0.05) is 5.69 Å². The Labute approximate surface area is 94.8 Å². The Balaban J connectivity index is 2.15. The molecule has 1 atom stereocenters. The van der Waals surface area contributed by atoms with Crippen LogP contribution in [0.4, 0.5) is 10.5 Å². The maximum Gasteiger partial charge on any atom is 0.414 e. The molecule has 1 aliphatic heterocycles. The lowest BCUT2D eigenvalue weighted by Gasteiger charge is -2.20. The summed E-state index contributed by atoms with van der Waals surface area (Å²) in [6, 6.07) is 7.77. The second kappa shape index (κ2) is 4.53. The molecular weight excluding hydrogens is 206 g/mol. The number of amides is 1. The van der Waals surface area contributed by atoms with Crippen molar-refractivity contribution in [3.63, 3.8) is 0 Å². The van der Waals surface area contributed by atoms with Gasteiger partial charge in [-0.2, -0.15) is 0 Å². The van der Waals surface area contributed by atoms with Crippen molar-refractivity contribution in [1.29, 1.82) is 0 Å². The van der Waals surface area contributed by atoms with E-state index in [1.165, 1.54) is 7.11 Å². The second-order valence-corrected chi connectivity index (χ2v) is 3.87. The molecule has 1 saturated heterocycles. The summed E-state index contributed by atoms with van der Waals surface area (Å²) in [7, 11) is 1.39. The van der Waals surface area contributed by atoms with E-state index in [1.54, 1.807) is 4.90 Å². The Kier molecular flexibility index (Phi) is 3.10. The summed E-state index contributed by atoms with van der Waals surface area (Å²) < 4.78 is 9.89. The number of anilines is 1. The van der Waals surface area contributed by atoms with E-state index in [2.05, 4.69) is 0 Å². The molecule has 0 bridgehead atoms. The van der Waals surface area contributed by atoms with Gasteiger partial charge in [-0.25, -0.2) is 4.79 Å². The molecule has 16 heavy (non-hydrogen) atoms. The van der Waals surface area contributed by atoms with Crippen LogP contribution in [0.15, 0.2) is 24.3 Å². The standard InChI is InChI=1S/C12H15NO3/c1-9-3-5-10(6-4-9)13(12(14)15-2)7-11-8-16-11/h3-6,11H,7-8H2,1-2H3. The van der Waals surface area contributed by atoms with Crippen LogP contribution in [-0.4, -0.2) is 32.5 Å². The summed E-state index contributed by atoms with van der Waals surface area (Å²) in [6.45, 7) is 3.28. The van der Waals surface area contributed by atoms with Gasteiger partial charge >= 0.3 is 6.09 Å². The highest BCUT2D eigenvalue weighted by Gasteiger charge is 2.29. The molecule has 1 unspecified atom stereocenters. The Morgan fingerprint density at radius 3 is 2.62 bits per heavy atom. The van der Waals surface area contributed by atoms with Crippen LogP contribution in [0.5, 0.6) is 0 Å². The molecule has 1 aliphatic rings. The van der Waals surface area contributed by atoms with E-state index in [4.69, 9.17) is 9.47 Å². The van der Waals surface area contributed by atoms with Gasteiger partial charge in [-0.1, -0.05) is 17.7 Å². The lowest BCUT2D eigenvalue weighted by Crippen LogP contribution is -2.34. The molecule has 0 spiro atoms. The van der Waals surface area contributed by atoms with Crippen LogP contribution in [-0.2, 0) is 9.47 Å². The second-order valence-electron chi connectivity index (χ2n) is 3.87. The highest BCUT2D eigenvalue weighted by Crippen LogP contribution is 2.20. The third-order valence-corrected chi connectivity index (χ3v) is 2.53. The number of benzene rings is 1. The number of rotatable bonds is 3. The van der Waals surface area contributed by atoms with E-state index in [9.17, 15) is 4.79 Å². The lowest BCUT2D eigenvalue weighted by molar-refractivity contribution is 0.178. The smallest absolute Gasteiger partial charge is 0.414 e. The quantitative estimate of drug-likeness (QED) is 0.733. The van der Waals surface area contributed by atoms with Gasteiger partial charge in [0.25, 0.3) is 0 Å². The van der Waals surface area contributed by atoms with Gasteiger partial charge in [-0.05, 0) is 19.1 Å². The van der Waals surface area contributed by atoms with Gasteiger partial charge < -0.3 is 9.47 Å². The number of carbonyl (C=O) groups excluding carboxylic acids is 1. The molecule has 86 valence electrons. The van der Waals surface area contributed by atoms with Gasteiger partial charge in [-0.3, -0.25) is 4.90 Å². The van der Waals surface area contributed by atoms with E-state index in [1.807, 2.05) is 31.2 Å². The number of ether oxygens (including phenoxy) is 2. The average Bonchev–Trinajstić information content (AvgIpc) is 3.10. The lowest BCUT2D eigenvalue weighted by atomic mass is 10.2. The Morgan fingerprint density at radius 2 is 2.12 bits per heavy atom. The minimum absolute atomic E-state index is 0.153. The molecule has 2 rings (SSSR count). The van der Waals surface area contributed by atoms with Gasteiger partial charge in [0.1, 0.15) is 0 Å². The molecule has 4 heteroatoms. The molecule has 0 saturated carbocycles. The molecule has 1 aromatic carbocycles. The Bertz CT molecular complexity index is 370. The fourth-order valence-corrected chi connectivity index (χ4v) is 1.50. The van der Waals surface area contributed by atoms with Crippen molar-refractivity contribution >= 4 is 11.8 Å². The first-order valence-corrected chi connectivity index (χ1v) is 5.24. The maximum atomic E-state index is 11.6. The molecular formula is C12H15NO3. The van der Waals surface area contributed by atoms with E-state index < -0.39 is 0 Å².